The molecular formula is C30H33N3O4. The highest BCUT2D eigenvalue weighted by Gasteiger charge is 2.21. The van der Waals surface area contributed by atoms with Crippen molar-refractivity contribution in [2.24, 2.45) is 0 Å². The predicted molar refractivity (Wildman–Crippen MR) is 147 cm³/mol. The van der Waals surface area contributed by atoms with Crippen LogP contribution in [0.4, 0.5) is 0 Å². The zero-order chi connectivity index (χ0) is 25.8. The average Bonchev–Trinajstić information content (AvgIpc) is 3.36. The number of rotatable bonds is 8. The van der Waals surface area contributed by atoms with Crippen molar-refractivity contribution in [3.05, 3.63) is 72.0 Å². The summed E-state index contributed by atoms with van der Waals surface area (Å²) in [5.74, 6) is 2.29. The normalized spacial score (nSPS) is 14.6. The van der Waals surface area contributed by atoms with Crippen molar-refractivity contribution >= 4 is 33.5 Å². The molecular weight excluding hydrogens is 466 g/mol. The van der Waals surface area contributed by atoms with E-state index in [-0.39, 0.29) is 17.6 Å². The fourth-order valence-corrected chi connectivity index (χ4v) is 5.06. The van der Waals surface area contributed by atoms with Crippen molar-refractivity contribution in [1.29, 1.82) is 10.8 Å². The summed E-state index contributed by atoms with van der Waals surface area (Å²) < 4.78 is 22.2. The third-order valence-electron chi connectivity index (χ3n) is 7.01. The van der Waals surface area contributed by atoms with Crippen molar-refractivity contribution in [2.45, 2.75) is 32.1 Å². The topological polar surface area (TPSA) is 91.8 Å². The van der Waals surface area contributed by atoms with Gasteiger partial charge in [0.1, 0.15) is 17.1 Å². The number of piperidine rings is 1. The van der Waals surface area contributed by atoms with Crippen molar-refractivity contribution in [3.8, 4) is 11.5 Å². The van der Waals surface area contributed by atoms with E-state index < -0.39 is 0 Å². The fourth-order valence-electron chi connectivity index (χ4n) is 5.06. The summed E-state index contributed by atoms with van der Waals surface area (Å²) >= 11 is 0. The first kappa shape index (κ1) is 24.8. The largest absolute Gasteiger partial charge is 0.497 e. The van der Waals surface area contributed by atoms with Crippen LogP contribution in [0, 0.1) is 10.8 Å². The van der Waals surface area contributed by atoms with Gasteiger partial charge in [-0.2, -0.15) is 0 Å². The molecule has 0 aliphatic carbocycles. The first-order valence-corrected chi connectivity index (χ1v) is 12.8. The average molecular weight is 500 g/mol. The van der Waals surface area contributed by atoms with E-state index in [1.807, 2.05) is 24.3 Å². The lowest BCUT2D eigenvalue weighted by Crippen LogP contribution is -2.34. The highest BCUT2D eigenvalue weighted by atomic mass is 16.5. The van der Waals surface area contributed by atoms with Crippen LogP contribution in [0.15, 0.2) is 65.1 Å². The molecule has 0 saturated carbocycles. The third-order valence-corrected chi connectivity index (χ3v) is 7.01. The van der Waals surface area contributed by atoms with Crippen LogP contribution in [-0.4, -0.2) is 50.0 Å². The zero-order valence-corrected chi connectivity index (χ0v) is 21.4. The van der Waals surface area contributed by atoms with E-state index in [0.717, 1.165) is 42.9 Å². The molecule has 1 aromatic heterocycles. The van der Waals surface area contributed by atoms with Crippen LogP contribution in [0.3, 0.4) is 0 Å². The molecule has 2 N–H and O–H groups in total. The van der Waals surface area contributed by atoms with Gasteiger partial charge in [0, 0.05) is 19.5 Å². The van der Waals surface area contributed by atoms with Gasteiger partial charge in [-0.15, -0.1) is 0 Å². The van der Waals surface area contributed by atoms with Gasteiger partial charge in [-0.3, -0.25) is 10.8 Å². The number of hydrogen-bond acceptors (Lipinski definition) is 7. The van der Waals surface area contributed by atoms with Crippen LogP contribution < -0.4 is 9.47 Å². The number of hydrogen-bond donors (Lipinski definition) is 2. The lowest BCUT2D eigenvalue weighted by molar-refractivity contribution is 0.193. The molecule has 37 heavy (non-hydrogen) atoms. The summed E-state index contributed by atoms with van der Waals surface area (Å²) in [5, 5.41) is 18.7. The van der Waals surface area contributed by atoms with E-state index in [9.17, 15) is 0 Å². The van der Waals surface area contributed by atoms with Crippen LogP contribution in [0.1, 0.15) is 43.4 Å². The van der Waals surface area contributed by atoms with Gasteiger partial charge in [-0.25, -0.2) is 0 Å². The summed E-state index contributed by atoms with van der Waals surface area (Å²) in [6.45, 7) is 5.30. The van der Waals surface area contributed by atoms with Crippen molar-refractivity contribution in [2.75, 3.05) is 33.4 Å². The maximum atomic E-state index is 7.96. The Kier molecular flexibility index (Phi) is 7.42. The van der Waals surface area contributed by atoms with Gasteiger partial charge >= 0.3 is 0 Å². The maximum Gasteiger partial charge on any atom is 0.256 e. The zero-order valence-electron chi connectivity index (χ0n) is 21.4. The van der Waals surface area contributed by atoms with Crippen molar-refractivity contribution in [1.82, 2.24) is 4.90 Å². The molecule has 1 saturated heterocycles. The molecule has 1 aliphatic heterocycles. The Morgan fingerprint density at radius 3 is 2.57 bits per heavy atom. The van der Waals surface area contributed by atoms with Crippen molar-refractivity contribution in [3.63, 3.8) is 0 Å². The number of benzene rings is 3. The van der Waals surface area contributed by atoms with Gasteiger partial charge in [0.2, 0.25) is 0 Å². The second kappa shape index (κ2) is 11.0. The van der Waals surface area contributed by atoms with Gasteiger partial charge < -0.3 is 23.5 Å². The fraction of sp³-hybridized carbons (Fsp3) is 0.333. The standard InChI is InChI=1S/C30H33N3O4/c1-20(31)36-30(32)29-19-26-27(5-3-6-28(26)37-29)35-16-4-13-33-14-11-21(12-15-33)22-7-8-24-18-25(34-2)10-9-23(24)17-22/h3,5-10,17-19,21,31-32H,4,11-16H2,1-2H3. The minimum Gasteiger partial charge on any atom is -0.497 e. The van der Waals surface area contributed by atoms with Gasteiger partial charge in [0.05, 0.1) is 19.1 Å². The highest BCUT2D eigenvalue weighted by molar-refractivity contribution is 6.00. The summed E-state index contributed by atoms with van der Waals surface area (Å²) in [5.41, 5.74) is 2.07. The van der Waals surface area contributed by atoms with Crippen LogP contribution in [0.25, 0.3) is 21.7 Å². The maximum absolute atomic E-state index is 7.96. The van der Waals surface area contributed by atoms with Crippen LogP contribution in [0.5, 0.6) is 11.5 Å². The number of likely N-dealkylation sites (tertiary alicyclic amines) is 1. The second-order valence-corrected chi connectivity index (χ2v) is 9.56. The summed E-state index contributed by atoms with van der Waals surface area (Å²) in [7, 11) is 1.71. The van der Waals surface area contributed by atoms with Crippen LogP contribution in [0.2, 0.25) is 0 Å². The monoisotopic (exact) mass is 499 g/mol. The predicted octanol–water partition coefficient (Wildman–Crippen LogP) is 6.58. The third kappa shape index (κ3) is 5.78. The van der Waals surface area contributed by atoms with Crippen LogP contribution in [-0.2, 0) is 4.74 Å². The molecule has 0 bridgehead atoms. The second-order valence-electron chi connectivity index (χ2n) is 9.56. The quantitative estimate of drug-likeness (QED) is 0.162. The molecule has 0 amide bonds. The Balaban J connectivity index is 1.10. The number of furan rings is 1. The first-order valence-electron chi connectivity index (χ1n) is 12.8. The molecule has 1 aliphatic rings. The summed E-state index contributed by atoms with van der Waals surface area (Å²) in [6, 6.07) is 20.5. The molecule has 7 nitrogen and oxygen atoms in total. The number of fused-ring (bicyclic) bond motifs is 2. The molecule has 4 aromatic rings. The molecule has 0 atom stereocenters. The van der Waals surface area contributed by atoms with E-state index >= 15 is 0 Å². The number of ether oxygens (including phenoxy) is 3. The lowest BCUT2D eigenvalue weighted by atomic mass is 9.88. The molecule has 1 fully saturated rings. The van der Waals surface area contributed by atoms with E-state index in [1.54, 1.807) is 13.2 Å². The lowest BCUT2D eigenvalue weighted by Gasteiger charge is -2.32. The van der Waals surface area contributed by atoms with E-state index in [0.29, 0.717) is 18.1 Å². The molecule has 0 unspecified atom stereocenters. The Labute approximate surface area is 216 Å². The van der Waals surface area contributed by atoms with Gasteiger partial charge in [-0.1, -0.05) is 30.3 Å². The minimum absolute atomic E-state index is 0.0516. The Bertz CT molecular complexity index is 1420. The van der Waals surface area contributed by atoms with E-state index in [4.69, 9.17) is 29.4 Å². The molecule has 2 heterocycles. The molecule has 7 heteroatoms. The van der Waals surface area contributed by atoms with Crippen LogP contribution >= 0.6 is 0 Å². The summed E-state index contributed by atoms with van der Waals surface area (Å²) in [6.07, 6.45) is 3.28. The number of nitrogens with zero attached hydrogens (tertiary/aromatic N) is 1. The number of nitrogens with one attached hydrogen (secondary N) is 2. The van der Waals surface area contributed by atoms with Gasteiger partial charge in [0.15, 0.2) is 11.7 Å². The van der Waals surface area contributed by atoms with E-state index in [2.05, 4.69) is 35.2 Å². The minimum atomic E-state index is -0.179. The molecule has 0 radical (unpaired) electrons. The Morgan fingerprint density at radius 2 is 1.78 bits per heavy atom. The molecule has 3 aromatic carbocycles. The Hall–Kier alpha value is -3.84. The molecule has 5 rings (SSSR count). The number of methoxy groups -OCH3 is 1. The molecule has 192 valence electrons. The smallest absolute Gasteiger partial charge is 0.256 e. The SMILES string of the molecule is COc1ccc2cc(C3CCN(CCCOc4cccc5oc(C(=N)OC(C)=N)cc45)CC3)ccc2c1. The first-order chi connectivity index (χ1) is 18.0. The van der Waals surface area contributed by atoms with Crippen molar-refractivity contribution < 1.29 is 18.6 Å². The molecule has 0 spiro atoms. The van der Waals surface area contributed by atoms with Gasteiger partial charge in [-0.05, 0) is 78.9 Å². The van der Waals surface area contributed by atoms with E-state index in [1.165, 1.54) is 36.1 Å². The van der Waals surface area contributed by atoms with Gasteiger partial charge in [0.25, 0.3) is 5.90 Å². The Morgan fingerprint density at radius 1 is 1.00 bits per heavy atom. The highest BCUT2D eigenvalue weighted by Crippen LogP contribution is 2.32. The summed E-state index contributed by atoms with van der Waals surface area (Å²) in [4.78, 5) is 2.53.